The van der Waals surface area contributed by atoms with Crippen molar-refractivity contribution in [1.29, 1.82) is 0 Å². The van der Waals surface area contributed by atoms with Crippen LogP contribution in [0.4, 0.5) is 10.1 Å². The lowest BCUT2D eigenvalue weighted by Gasteiger charge is -2.16. The number of guanidine groups is 1. The van der Waals surface area contributed by atoms with Crippen molar-refractivity contribution in [2.24, 2.45) is 4.99 Å². The number of halogens is 1. The Labute approximate surface area is 154 Å². The summed E-state index contributed by atoms with van der Waals surface area (Å²) in [6, 6.07) is 5.79. The van der Waals surface area contributed by atoms with Crippen molar-refractivity contribution in [2.75, 3.05) is 32.1 Å². The maximum absolute atomic E-state index is 13.1. The maximum Gasteiger partial charge on any atom is 0.243 e. The fourth-order valence-corrected chi connectivity index (χ4v) is 2.96. The second-order valence-electron chi connectivity index (χ2n) is 6.40. The van der Waals surface area contributed by atoms with Gasteiger partial charge in [0.25, 0.3) is 0 Å². The molecule has 2 rings (SSSR count). The van der Waals surface area contributed by atoms with Gasteiger partial charge in [-0.2, -0.15) is 0 Å². The van der Waals surface area contributed by atoms with Crippen LogP contribution in [0.1, 0.15) is 38.5 Å². The van der Waals surface area contributed by atoms with E-state index in [1.54, 1.807) is 19.2 Å². The number of anilines is 1. The Balaban J connectivity index is 1.61. The Kier molecular flexibility index (Phi) is 8.89. The molecule has 1 aliphatic carbocycles. The minimum atomic E-state index is -0.387. The molecule has 1 aromatic carbocycles. The van der Waals surface area contributed by atoms with Gasteiger partial charge in [-0.25, -0.2) is 4.39 Å². The van der Waals surface area contributed by atoms with E-state index < -0.39 is 0 Å². The molecule has 0 atom stereocenters. The summed E-state index contributed by atoms with van der Waals surface area (Å²) in [7, 11) is 1.64. The van der Waals surface area contributed by atoms with Crippen molar-refractivity contribution < 1.29 is 13.9 Å². The molecule has 0 bridgehead atoms. The highest BCUT2D eigenvalue weighted by Crippen LogP contribution is 2.19. The predicted molar refractivity (Wildman–Crippen MR) is 102 cm³/mol. The van der Waals surface area contributed by atoms with Gasteiger partial charge in [0, 0.05) is 19.3 Å². The Morgan fingerprint density at radius 3 is 2.69 bits per heavy atom. The van der Waals surface area contributed by atoms with Gasteiger partial charge in [-0.3, -0.25) is 9.79 Å². The number of nitrogens with zero attached hydrogens (tertiary/aromatic N) is 1. The van der Waals surface area contributed by atoms with Crippen LogP contribution in [0.25, 0.3) is 0 Å². The Morgan fingerprint density at radius 2 is 2.00 bits per heavy atom. The third-order valence-electron chi connectivity index (χ3n) is 4.30. The molecular weight excluding hydrogens is 335 g/mol. The zero-order valence-electron chi connectivity index (χ0n) is 15.4. The Morgan fingerprint density at radius 1 is 1.23 bits per heavy atom. The zero-order valence-corrected chi connectivity index (χ0v) is 15.4. The van der Waals surface area contributed by atoms with Crippen molar-refractivity contribution in [2.45, 2.75) is 44.6 Å². The van der Waals surface area contributed by atoms with Crippen LogP contribution in [0.5, 0.6) is 0 Å². The molecule has 144 valence electrons. The number of nitrogens with one attached hydrogen (secondary N) is 3. The van der Waals surface area contributed by atoms with E-state index in [0.29, 0.717) is 30.9 Å². The lowest BCUT2D eigenvalue weighted by atomic mass is 10.1. The van der Waals surface area contributed by atoms with Crippen molar-refractivity contribution in [1.82, 2.24) is 10.6 Å². The molecule has 26 heavy (non-hydrogen) atoms. The summed E-state index contributed by atoms with van der Waals surface area (Å²) in [6.07, 6.45) is 7.79. The second kappa shape index (κ2) is 11.5. The summed E-state index contributed by atoms with van der Waals surface area (Å²) >= 11 is 0. The molecule has 1 aliphatic rings. The zero-order chi connectivity index (χ0) is 18.6. The van der Waals surface area contributed by atoms with Crippen LogP contribution in [0.3, 0.4) is 0 Å². The van der Waals surface area contributed by atoms with Gasteiger partial charge in [-0.1, -0.05) is 31.7 Å². The normalized spacial score (nSPS) is 16.0. The number of benzene rings is 1. The SMILES string of the molecule is CN=C(NCCOC1CCCCCC1)NCC(=O)Nc1cccc(F)c1. The lowest BCUT2D eigenvalue weighted by molar-refractivity contribution is -0.115. The molecule has 1 amide bonds. The van der Waals surface area contributed by atoms with Crippen molar-refractivity contribution in [3.05, 3.63) is 30.1 Å². The number of ether oxygens (including phenoxy) is 1. The van der Waals surface area contributed by atoms with Gasteiger partial charge < -0.3 is 20.7 Å². The van der Waals surface area contributed by atoms with E-state index in [-0.39, 0.29) is 18.3 Å². The number of carbonyl (C=O) groups is 1. The molecule has 0 aromatic heterocycles. The summed E-state index contributed by atoms with van der Waals surface area (Å²) in [5.41, 5.74) is 0.427. The Hall–Kier alpha value is -2.15. The first-order valence-electron chi connectivity index (χ1n) is 9.29. The molecule has 0 heterocycles. The molecular formula is C19H29FN4O2. The fourth-order valence-electron chi connectivity index (χ4n) is 2.96. The third-order valence-corrected chi connectivity index (χ3v) is 4.30. The van der Waals surface area contributed by atoms with E-state index in [4.69, 9.17) is 4.74 Å². The number of carbonyl (C=O) groups excluding carboxylic acids is 1. The van der Waals surface area contributed by atoms with Crippen molar-refractivity contribution in [3.63, 3.8) is 0 Å². The molecule has 1 fully saturated rings. The molecule has 0 unspecified atom stereocenters. The first-order valence-corrected chi connectivity index (χ1v) is 9.29. The smallest absolute Gasteiger partial charge is 0.243 e. The van der Waals surface area contributed by atoms with Gasteiger partial charge in [-0.05, 0) is 31.0 Å². The molecule has 0 radical (unpaired) electrons. The first-order chi connectivity index (χ1) is 12.7. The van der Waals surface area contributed by atoms with Crippen LogP contribution in [0.15, 0.2) is 29.3 Å². The monoisotopic (exact) mass is 364 g/mol. The predicted octanol–water partition coefficient (Wildman–Crippen LogP) is 2.67. The summed E-state index contributed by atoms with van der Waals surface area (Å²) in [5.74, 6) is -0.126. The summed E-state index contributed by atoms with van der Waals surface area (Å²) in [4.78, 5) is 16.0. The van der Waals surface area contributed by atoms with Crippen LogP contribution < -0.4 is 16.0 Å². The lowest BCUT2D eigenvalue weighted by Crippen LogP contribution is -2.42. The van der Waals surface area contributed by atoms with E-state index in [9.17, 15) is 9.18 Å². The minimum absolute atomic E-state index is 0.0413. The third kappa shape index (κ3) is 7.82. The van der Waals surface area contributed by atoms with Crippen LogP contribution >= 0.6 is 0 Å². The van der Waals surface area contributed by atoms with Gasteiger partial charge in [0.05, 0.1) is 19.3 Å². The number of rotatable bonds is 7. The summed E-state index contributed by atoms with van der Waals surface area (Å²) in [5, 5.41) is 8.69. The largest absolute Gasteiger partial charge is 0.376 e. The molecule has 0 spiro atoms. The molecule has 1 saturated carbocycles. The standard InChI is InChI=1S/C19H29FN4O2/c1-21-19(22-11-12-26-17-9-4-2-3-5-10-17)23-14-18(25)24-16-8-6-7-15(20)13-16/h6-8,13,17H,2-5,9-12,14H2,1H3,(H,24,25)(H2,21,22,23). The van der Waals surface area contributed by atoms with E-state index in [1.807, 2.05) is 0 Å². The first kappa shape index (κ1) is 20.2. The van der Waals surface area contributed by atoms with Crippen LogP contribution in [0, 0.1) is 5.82 Å². The number of hydrogen-bond acceptors (Lipinski definition) is 3. The molecule has 3 N–H and O–H groups in total. The van der Waals surface area contributed by atoms with E-state index in [2.05, 4.69) is 20.9 Å². The average molecular weight is 364 g/mol. The second-order valence-corrected chi connectivity index (χ2v) is 6.40. The van der Waals surface area contributed by atoms with Gasteiger partial charge in [-0.15, -0.1) is 0 Å². The number of hydrogen-bond donors (Lipinski definition) is 3. The van der Waals surface area contributed by atoms with Gasteiger partial charge in [0.2, 0.25) is 5.91 Å². The van der Waals surface area contributed by atoms with Crippen molar-refractivity contribution >= 4 is 17.6 Å². The van der Waals surface area contributed by atoms with Crippen LogP contribution in [-0.4, -0.2) is 44.7 Å². The highest BCUT2D eigenvalue weighted by Gasteiger charge is 2.12. The Bertz CT molecular complexity index is 587. The van der Waals surface area contributed by atoms with E-state index >= 15 is 0 Å². The highest BCUT2D eigenvalue weighted by atomic mass is 19.1. The van der Waals surface area contributed by atoms with Crippen molar-refractivity contribution in [3.8, 4) is 0 Å². The van der Waals surface area contributed by atoms with Gasteiger partial charge >= 0.3 is 0 Å². The molecule has 0 aliphatic heterocycles. The highest BCUT2D eigenvalue weighted by molar-refractivity contribution is 5.94. The van der Waals surface area contributed by atoms with Gasteiger partial charge in [0.1, 0.15) is 5.82 Å². The summed E-state index contributed by atoms with van der Waals surface area (Å²) < 4.78 is 19.0. The molecule has 7 heteroatoms. The quantitative estimate of drug-likeness (QED) is 0.301. The summed E-state index contributed by atoms with van der Waals surface area (Å²) in [6.45, 7) is 1.28. The van der Waals surface area contributed by atoms with Crippen LogP contribution in [0.2, 0.25) is 0 Å². The molecule has 6 nitrogen and oxygen atoms in total. The minimum Gasteiger partial charge on any atom is -0.376 e. The van der Waals surface area contributed by atoms with E-state index in [0.717, 1.165) is 12.8 Å². The number of amides is 1. The maximum atomic E-state index is 13.1. The number of aliphatic imine (C=N–C) groups is 1. The van der Waals surface area contributed by atoms with E-state index in [1.165, 1.54) is 37.8 Å². The average Bonchev–Trinajstić information content (AvgIpc) is 2.90. The fraction of sp³-hybridized carbons (Fsp3) is 0.579. The molecule has 1 aromatic rings. The van der Waals surface area contributed by atoms with Gasteiger partial charge in [0.15, 0.2) is 5.96 Å². The topological polar surface area (TPSA) is 74.8 Å². The molecule has 0 saturated heterocycles. The van der Waals surface area contributed by atoms with Crippen LogP contribution in [-0.2, 0) is 9.53 Å².